The number of nitrogens with zero attached hydrogens (tertiary/aromatic N) is 1. The van der Waals surface area contributed by atoms with Gasteiger partial charge in [-0.1, -0.05) is 48.5 Å². The van der Waals surface area contributed by atoms with Crippen molar-refractivity contribution in [2.45, 2.75) is 0 Å². The van der Waals surface area contributed by atoms with Gasteiger partial charge in [-0.25, -0.2) is 4.98 Å². The van der Waals surface area contributed by atoms with E-state index in [9.17, 15) is 4.79 Å². The van der Waals surface area contributed by atoms with Crippen molar-refractivity contribution in [3.8, 4) is 33.9 Å². The lowest BCUT2D eigenvalue weighted by atomic mass is 10.1. The molecule has 0 radical (unpaired) electrons. The third-order valence-electron chi connectivity index (χ3n) is 4.53. The average Bonchev–Trinajstić information content (AvgIpc) is 3.27. The van der Waals surface area contributed by atoms with Crippen LogP contribution >= 0.6 is 27.3 Å². The summed E-state index contributed by atoms with van der Waals surface area (Å²) < 4.78 is 11.9. The van der Waals surface area contributed by atoms with Gasteiger partial charge < -0.3 is 9.47 Å². The standard InChI is InChI=1S/C24H19BrN2O3S/c1-29-21-10-6-5-9-18(21)20-15-31-24(26-20)27-23(28)14-30-22-12-11-17(13-19(22)25)16-7-3-2-4-8-16/h2-13,15H,14H2,1H3,(H,26,27,28). The largest absolute Gasteiger partial charge is 0.496 e. The zero-order valence-corrected chi connectivity index (χ0v) is 19.1. The van der Waals surface area contributed by atoms with Gasteiger partial charge >= 0.3 is 0 Å². The van der Waals surface area contributed by atoms with Crippen molar-refractivity contribution in [2.75, 3.05) is 19.0 Å². The van der Waals surface area contributed by atoms with E-state index in [0.717, 1.165) is 32.6 Å². The third-order valence-corrected chi connectivity index (χ3v) is 5.91. The van der Waals surface area contributed by atoms with Gasteiger partial charge in [0.1, 0.15) is 11.5 Å². The third kappa shape index (κ3) is 5.13. The number of hydrogen-bond donors (Lipinski definition) is 1. The van der Waals surface area contributed by atoms with E-state index in [-0.39, 0.29) is 12.5 Å². The highest BCUT2D eigenvalue weighted by molar-refractivity contribution is 9.10. The molecule has 156 valence electrons. The number of hydrogen-bond acceptors (Lipinski definition) is 5. The van der Waals surface area contributed by atoms with Crippen molar-refractivity contribution in [3.63, 3.8) is 0 Å². The van der Waals surface area contributed by atoms with Crippen LogP contribution in [0.5, 0.6) is 11.5 Å². The molecule has 0 spiro atoms. The number of methoxy groups -OCH3 is 1. The Hall–Kier alpha value is -3.16. The summed E-state index contributed by atoms with van der Waals surface area (Å²) in [7, 11) is 1.62. The minimum atomic E-state index is -0.278. The topological polar surface area (TPSA) is 60.5 Å². The number of nitrogens with one attached hydrogen (secondary N) is 1. The van der Waals surface area contributed by atoms with E-state index in [2.05, 4.69) is 26.2 Å². The second kappa shape index (κ2) is 9.76. The normalized spacial score (nSPS) is 10.5. The first-order valence-electron chi connectivity index (χ1n) is 9.50. The van der Waals surface area contributed by atoms with E-state index in [1.54, 1.807) is 7.11 Å². The number of rotatable bonds is 7. The first-order valence-corrected chi connectivity index (χ1v) is 11.2. The number of para-hydroxylation sites is 1. The molecule has 0 saturated carbocycles. The maximum atomic E-state index is 12.3. The Kier molecular flexibility index (Phi) is 6.64. The SMILES string of the molecule is COc1ccccc1-c1csc(NC(=O)COc2ccc(-c3ccccc3)cc2Br)n1. The van der Waals surface area contributed by atoms with Crippen LogP contribution in [0.3, 0.4) is 0 Å². The maximum absolute atomic E-state index is 12.3. The highest BCUT2D eigenvalue weighted by Crippen LogP contribution is 2.32. The number of benzene rings is 3. The zero-order valence-electron chi connectivity index (χ0n) is 16.7. The fraction of sp³-hybridized carbons (Fsp3) is 0.0833. The van der Waals surface area contributed by atoms with Crippen molar-refractivity contribution >= 4 is 38.3 Å². The van der Waals surface area contributed by atoms with Crippen molar-refractivity contribution in [1.82, 2.24) is 4.98 Å². The molecule has 31 heavy (non-hydrogen) atoms. The first-order chi connectivity index (χ1) is 15.1. The second-order valence-electron chi connectivity index (χ2n) is 6.59. The molecule has 0 unspecified atom stereocenters. The van der Waals surface area contributed by atoms with Crippen LogP contribution in [0.25, 0.3) is 22.4 Å². The molecule has 7 heteroatoms. The number of carbonyl (C=O) groups is 1. The quantitative estimate of drug-likeness (QED) is 0.329. The number of anilines is 1. The minimum absolute atomic E-state index is 0.118. The first kappa shape index (κ1) is 21.1. The summed E-state index contributed by atoms with van der Waals surface area (Å²) in [6.45, 7) is -0.118. The Morgan fingerprint density at radius 3 is 2.55 bits per heavy atom. The predicted octanol–water partition coefficient (Wildman–Crippen LogP) is 6.27. The molecule has 0 fully saturated rings. The molecule has 5 nitrogen and oxygen atoms in total. The Morgan fingerprint density at radius 1 is 1.00 bits per heavy atom. The van der Waals surface area contributed by atoms with Crippen LogP contribution in [0, 0.1) is 0 Å². The van der Waals surface area contributed by atoms with Gasteiger partial charge in [-0.3, -0.25) is 10.1 Å². The fourth-order valence-electron chi connectivity index (χ4n) is 3.04. The summed E-state index contributed by atoms with van der Waals surface area (Å²) in [5.74, 6) is 1.06. The molecule has 4 rings (SSSR count). The number of amides is 1. The van der Waals surface area contributed by atoms with E-state index < -0.39 is 0 Å². The lowest BCUT2D eigenvalue weighted by molar-refractivity contribution is -0.118. The number of ether oxygens (including phenoxy) is 2. The second-order valence-corrected chi connectivity index (χ2v) is 8.30. The van der Waals surface area contributed by atoms with Crippen molar-refractivity contribution in [3.05, 3.63) is 82.6 Å². The molecule has 0 atom stereocenters. The molecule has 1 N–H and O–H groups in total. The lowest BCUT2D eigenvalue weighted by Crippen LogP contribution is -2.20. The molecule has 1 heterocycles. The highest BCUT2D eigenvalue weighted by Gasteiger charge is 2.12. The molecular formula is C24H19BrN2O3S. The Bertz CT molecular complexity index is 1190. The van der Waals surface area contributed by atoms with Gasteiger partial charge in [-0.15, -0.1) is 11.3 Å². The number of halogens is 1. The molecule has 0 aliphatic carbocycles. The van der Waals surface area contributed by atoms with Gasteiger partial charge in [0, 0.05) is 10.9 Å². The van der Waals surface area contributed by atoms with Crippen LogP contribution in [-0.2, 0) is 4.79 Å². The lowest BCUT2D eigenvalue weighted by Gasteiger charge is -2.10. The summed E-state index contributed by atoms with van der Waals surface area (Å²) in [5, 5.41) is 5.17. The molecule has 0 saturated heterocycles. The van der Waals surface area contributed by atoms with Crippen molar-refractivity contribution in [1.29, 1.82) is 0 Å². The molecule has 0 bridgehead atoms. The summed E-state index contributed by atoms with van der Waals surface area (Å²) in [5.41, 5.74) is 3.80. The molecule has 1 aromatic heterocycles. The summed E-state index contributed by atoms with van der Waals surface area (Å²) in [6, 6.07) is 23.5. The zero-order chi connectivity index (χ0) is 21.6. The smallest absolute Gasteiger partial charge is 0.264 e. The highest BCUT2D eigenvalue weighted by atomic mass is 79.9. The van der Waals surface area contributed by atoms with Gasteiger partial charge in [0.25, 0.3) is 5.91 Å². The Morgan fingerprint density at radius 2 is 1.77 bits per heavy atom. The molecule has 3 aromatic carbocycles. The van der Waals surface area contributed by atoms with E-state index in [0.29, 0.717) is 10.9 Å². The average molecular weight is 495 g/mol. The monoisotopic (exact) mass is 494 g/mol. The van der Waals surface area contributed by atoms with E-state index in [1.165, 1.54) is 11.3 Å². The molecule has 4 aromatic rings. The number of aromatic nitrogens is 1. The van der Waals surface area contributed by atoms with E-state index >= 15 is 0 Å². The molecule has 1 amide bonds. The molecular weight excluding hydrogens is 476 g/mol. The van der Waals surface area contributed by atoms with Gasteiger partial charge in [0.2, 0.25) is 0 Å². The summed E-state index contributed by atoms with van der Waals surface area (Å²) in [6.07, 6.45) is 0. The maximum Gasteiger partial charge on any atom is 0.264 e. The Labute approximate surface area is 192 Å². The van der Waals surface area contributed by atoms with Crippen LogP contribution in [0.2, 0.25) is 0 Å². The van der Waals surface area contributed by atoms with Crippen molar-refractivity contribution < 1.29 is 14.3 Å². The minimum Gasteiger partial charge on any atom is -0.496 e. The van der Waals surface area contributed by atoms with Gasteiger partial charge in [-0.2, -0.15) is 0 Å². The van der Waals surface area contributed by atoms with Crippen LogP contribution in [0.1, 0.15) is 0 Å². The van der Waals surface area contributed by atoms with E-state index in [4.69, 9.17) is 9.47 Å². The number of thiazole rings is 1. The Balaban J connectivity index is 1.37. The van der Waals surface area contributed by atoms with Gasteiger partial charge in [0.05, 0.1) is 17.3 Å². The predicted molar refractivity (Wildman–Crippen MR) is 128 cm³/mol. The van der Waals surface area contributed by atoms with E-state index in [1.807, 2.05) is 78.2 Å². The van der Waals surface area contributed by atoms with Gasteiger partial charge in [-0.05, 0) is 51.3 Å². The summed E-state index contributed by atoms with van der Waals surface area (Å²) >= 11 is 4.88. The molecule has 0 aliphatic rings. The van der Waals surface area contributed by atoms with Crippen LogP contribution in [0.15, 0.2) is 82.6 Å². The van der Waals surface area contributed by atoms with Crippen LogP contribution in [0.4, 0.5) is 5.13 Å². The summed E-state index contributed by atoms with van der Waals surface area (Å²) in [4.78, 5) is 16.8. The van der Waals surface area contributed by atoms with Crippen molar-refractivity contribution in [2.24, 2.45) is 0 Å². The van der Waals surface area contributed by atoms with Crippen LogP contribution < -0.4 is 14.8 Å². The molecule has 0 aliphatic heterocycles. The number of carbonyl (C=O) groups excluding carboxylic acids is 1. The van der Waals surface area contributed by atoms with Gasteiger partial charge in [0.15, 0.2) is 11.7 Å². The fourth-order valence-corrected chi connectivity index (χ4v) is 4.26. The van der Waals surface area contributed by atoms with Crippen LogP contribution in [-0.4, -0.2) is 24.6 Å².